The molecule has 0 saturated carbocycles. The van der Waals surface area contributed by atoms with Crippen LogP contribution < -0.4 is 16.0 Å². The molecule has 0 aliphatic rings. The van der Waals surface area contributed by atoms with Crippen molar-refractivity contribution in [3.05, 3.63) is 46.5 Å². The number of rotatable bonds is 8. The van der Waals surface area contributed by atoms with Gasteiger partial charge in [-0.05, 0) is 37.4 Å². The molecule has 0 aliphatic heterocycles. The number of nitrogens with one attached hydrogen (secondary N) is 3. The molecule has 2 aromatic rings. The van der Waals surface area contributed by atoms with Gasteiger partial charge in [0.2, 0.25) is 5.91 Å². The number of nitrogens with zero attached hydrogens (tertiary/aromatic N) is 1. The third-order valence-corrected chi connectivity index (χ3v) is 4.62. The van der Waals surface area contributed by atoms with Crippen LogP contribution >= 0.6 is 35.3 Å². The van der Waals surface area contributed by atoms with Crippen molar-refractivity contribution in [1.82, 2.24) is 16.0 Å². The van der Waals surface area contributed by atoms with E-state index in [1.54, 1.807) is 24.6 Å². The van der Waals surface area contributed by atoms with E-state index >= 15 is 0 Å². The maximum atomic E-state index is 11.9. The average Bonchev–Trinajstić information content (AvgIpc) is 3.29. The molecular formula is C18H27IN4O2S. The highest BCUT2D eigenvalue weighted by molar-refractivity contribution is 14.0. The summed E-state index contributed by atoms with van der Waals surface area (Å²) in [6.07, 6.45) is 2.44. The Bertz CT molecular complexity index is 669. The topological polar surface area (TPSA) is 78.7 Å². The Kier molecular flexibility index (Phi) is 9.71. The van der Waals surface area contributed by atoms with Crippen LogP contribution in [0.1, 0.15) is 24.5 Å². The number of carbonyl (C=O) groups excluding carboxylic acids is 1. The number of carbonyl (C=O) groups is 1. The molecule has 6 nitrogen and oxygen atoms in total. The fraction of sp³-hybridized carbons (Fsp3) is 0.444. The summed E-state index contributed by atoms with van der Waals surface area (Å²) in [5.41, 5.74) is -0.527. The van der Waals surface area contributed by atoms with E-state index in [4.69, 9.17) is 4.42 Å². The van der Waals surface area contributed by atoms with Crippen LogP contribution in [0, 0.1) is 5.41 Å². The predicted octanol–water partition coefficient (Wildman–Crippen LogP) is 3.01. The Morgan fingerprint density at radius 3 is 2.69 bits per heavy atom. The molecule has 2 heterocycles. The second-order valence-electron chi connectivity index (χ2n) is 6.32. The molecule has 2 aromatic heterocycles. The van der Waals surface area contributed by atoms with Gasteiger partial charge in [0.1, 0.15) is 5.76 Å². The molecule has 0 atom stereocenters. The second kappa shape index (κ2) is 11.2. The Morgan fingerprint density at radius 1 is 1.27 bits per heavy atom. The number of thiophene rings is 1. The first kappa shape index (κ1) is 22.5. The number of guanidine groups is 1. The molecule has 26 heavy (non-hydrogen) atoms. The Hall–Kier alpha value is -1.55. The normalized spacial score (nSPS) is 11.6. The quantitative estimate of drug-likeness (QED) is 0.302. The van der Waals surface area contributed by atoms with Gasteiger partial charge in [-0.1, -0.05) is 6.07 Å². The molecule has 8 heteroatoms. The van der Waals surface area contributed by atoms with Crippen LogP contribution in [0.15, 0.2) is 45.3 Å². The summed E-state index contributed by atoms with van der Waals surface area (Å²) in [6, 6.07) is 7.91. The number of furan rings is 1. The van der Waals surface area contributed by atoms with Crippen LogP contribution in [0.2, 0.25) is 0 Å². The van der Waals surface area contributed by atoms with Gasteiger partial charge in [-0.2, -0.15) is 0 Å². The molecule has 0 aliphatic carbocycles. The van der Waals surface area contributed by atoms with Crippen molar-refractivity contribution in [3.8, 4) is 0 Å². The minimum atomic E-state index is -0.527. The zero-order chi connectivity index (χ0) is 18.1. The molecule has 0 unspecified atom stereocenters. The van der Waals surface area contributed by atoms with E-state index in [2.05, 4.69) is 27.0 Å². The molecule has 1 amide bonds. The van der Waals surface area contributed by atoms with Crippen molar-refractivity contribution in [3.63, 3.8) is 0 Å². The molecule has 0 fully saturated rings. The molecule has 0 radical (unpaired) electrons. The summed E-state index contributed by atoms with van der Waals surface area (Å²) in [5.74, 6) is 1.61. The molecule has 0 saturated heterocycles. The van der Waals surface area contributed by atoms with Gasteiger partial charge >= 0.3 is 0 Å². The Balaban J connectivity index is 0.00000338. The predicted molar refractivity (Wildman–Crippen MR) is 117 cm³/mol. The maximum absolute atomic E-state index is 11.9. The first-order chi connectivity index (χ1) is 12.0. The number of hydrogen-bond acceptors (Lipinski definition) is 4. The molecule has 0 spiro atoms. The van der Waals surface area contributed by atoms with Gasteiger partial charge in [-0.3, -0.25) is 4.79 Å². The lowest BCUT2D eigenvalue weighted by Crippen LogP contribution is -2.47. The fourth-order valence-electron chi connectivity index (χ4n) is 2.22. The van der Waals surface area contributed by atoms with Crippen molar-refractivity contribution in [1.29, 1.82) is 0 Å². The monoisotopic (exact) mass is 490 g/mol. The number of aliphatic imine (C=N–C) groups is 1. The fourth-order valence-corrected chi connectivity index (χ4v) is 2.84. The smallest absolute Gasteiger partial charge is 0.227 e. The van der Waals surface area contributed by atoms with E-state index in [1.807, 2.05) is 37.4 Å². The Morgan fingerprint density at radius 2 is 2.08 bits per heavy atom. The van der Waals surface area contributed by atoms with Crippen molar-refractivity contribution >= 4 is 47.2 Å². The lowest BCUT2D eigenvalue weighted by atomic mass is 9.92. The van der Waals surface area contributed by atoms with Gasteiger partial charge in [-0.15, -0.1) is 35.3 Å². The Labute approximate surface area is 175 Å². The summed E-state index contributed by atoms with van der Waals surface area (Å²) >= 11 is 1.68. The van der Waals surface area contributed by atoms with Crippen molar-refractivity contribution in [2.45, 2.75) is 26.8 Å². The highest BCUT2D eigenvalue weighted by Crippen LogP contribution is 2.13. The first-order valence-electron chi connectivity index (χ1n) is 8.30. The van der Waals surface area contributed by atoms with Gasteiger partial charge in [0.05, 0.1) is 18.2 Å². The summed E-state index contributed by atoms with van der Waals surface area (Å²) in [6.45, 7) is 5.60. The lowest BCUT2D eigenvalue weighted by molar-refractivity contribution is -0.128. The van der Waals surface area contributed by atoms with Crippen LogP contribution in [0.4, 0.5) is 0 Å². The van der Waals surface area contributed by atoms with Crippen LogP contribution in [0.3, 0.4) is 0 Å². The number of halogens is 1. The average molecular weight is 490 g/mol. The van der Waals surface area contributed by atoms with Crippen LogP contribution in [0.25, 0.3) is 0 Å². The highest BCUT2D eigenvalue weighted by Gasteiger charge is 2.26. The summed E-state index contributed by atoms with van der Waals surface area (Å²) in [5, 5.41) is 11.3. The third-order valence-electron chi connectivity index (χ3n) is 3.76. The van der Waals surface area contributed by atoms with E-state index in [0.29, 0.717) is 25.6 Å². The van der Waals surface area contributed by atoms with Gasteiger partial charge in [0.15, 0.2) is 5.96 Å². The standard InChI is InChI=1S/C18H26N4O2S.HI/c1-18(2,16(23)19-3)13-22-17(21-12-15-7-5-11-25-15)20-9-8-14-6-4-10-24-14;/h4-7,10-11H,8-9,12-13H2,1-3H3,(H,19,23)(H2,20,21,22);1H. The van der Waals surface area contributed by atoms with E-state index < -0.39 is 5.41 Å². The highest BCUT2D eigenvalue weighted by atomic mass is 127. The van der Waals surface area contributed by atoms with E-state index in [9.17, 15) is 4.79 Å². The molecule has 2 rings (SSSR count). The maximum Gasteiger partial charge on any atom is 0.227 e. The zero-order valence-electron chi connectivity index (χ0n) is 15.4. The van der Waals surface area contributed by atoms with Gasteiger partial charge < -0.3 is 20.4 Å². The van der Waals surface area contributed by atoms with Crippen LogP contribution in [-0.2, 0) is 17.8 Å². The minimum absolute atomic E-state index is 0. The SMILES string of the molecule is CNC(=O)C(C)(C)CNC(=NCc1cccs1)NCCc1ccco1.I. The second-order valence-corrected chi connectivity index (χ2v) is 7.35. The number of amides is 1. The molecule has 3 N–H and O–H groups in total. The first-order valence-corrected chi connectivity index (χ1v) is 9.18. The minimum Gasteiger partial charge on any atom is -0.469 e. The molecule has 144 valence electrons. The molecule has 0 aromatic carbocycles. The molecule has 0 bridgehead atoms. The van der Waals surface area contributed by atoms with E-state index in [1.165, 1.54) is 4.88 Å². The summed E-state index contributed by atoms with van der Waals surface area (Å²) in [4.78, 5) is 17.7. The third kappa shape index (κ3) is 7.36. The van der Waals surface area contributed by atoms with Crippen LogP contribution in [-0.4, -0.2) is 32.0 Å². The van der Waals surface area contributed by atoms with E-state index in [0.717, 1.165) is 12.2 Å². The van der Waals surface area contributed by atoms with Gasteiger partial charge in [-0.25, -0.2) is 4.99 Å². The summed E-state index contributed by atoms with van der Waals surface area (Å²) in [7, 11) is 1.65. The lowest BCUT2D eigenvalue weighted by Gasteiger charge is -2.24. The van der Waals surface area contributed by atoms with Gasteiger partial charge in [0, 0.05) is 31.4 Å². The summed E-state index contributed by atoms with van der Waals surface area (Å²) < 4.78 is 5.34. The largest absolute Gasteiger partial charge is 0.469 e. The van der Waals surface area contributed by atoms with Crippen molar-refractivity contribution in [2.24, 2.45) is 10.4 Å². The molecular weight excluding hydrogens is 463 g/mol. The van der Waals surface area contributed by atoms with Gasteiger partial charge in [0.25, 0.3) is 0 Å². The van der Waals surface area contributed by atoms with Crippen LogP contribution in [0.5, 0.6) is 0 Å². The van der Waals surface area contributed by atoms with E-state index in [-0.39, 0.29) is 29.9 Å². The van der Waals surface area contributed by atoms with Crippen molar-refractivity contribution < 1.29 is 9.21 Å². The zero-order valence-corrected chi connectivity index (χ0v) is 18.5. The van der Waals surface area contributed by atoms with Crippen molar-refractivity contribution in [2.75, 3.05) is 20.1 Å². The number of hydrogen-bond donors (Lipinski definition) is 3.